The van der Waals surface area contributed by atoms with E-state index < -0.39 is 34.8 Å². The molecule has 2 atom stereocenters. The van der Waals surface area contributed by atoms with E-state index in [-0.39, 0.29) is 22.3 Å². The standard InChI is InChI=1S/C34H31F3N6O2S/c1-19(25-17-29(38-3)40-27-11-7-5-9-23(25)27)33(20(2)26-18-30(39-4)41-28-12-8-6-10-24(26)28)31(44)43(32(45)42-33)21-13-15-22(16-14-21)46-34(35,36)37/h5-20H,1-4H3,(H,38,40)(H,39,41)(H,42,45). The first kappa shape index (κ1) is 31.2. The number of fused-ring (bicyclic) bond motifs is 2. The quantitative estimate of drug-likeness (QED) is 0.117. The number of aromatic nitrogens is 2. The molecular weight excluding hydrogens is 613 g/mol. The molecule has 12 heteroatoms. The number of rotatable bonds is 8. The highest BCUT2D eigenvalue weighted by molar-refractivity contribution is 8.00. The van der Waals surface area contributed by atoms with Gasteiger partial charge in [0, 0.05) is 41.6 Å². The molecule has 46 heavy (non-hydrogen) atoms. The minimum Gasteiger partial charge on any atom is -0.373 e. The molecule has 236 valence electrons. The lowest BCUT2D eigenvalue weighted by molar-refractivity contribution is -0.123. The summed E-state index contributed by atoms with van der Waals surface area (Å²) < 4.78 is 39.0. The number of carbonyl (C=O) groups excluding carboxylic acids is 2. The molecule has 0 saturated carbocycles. The topological polar surface area (TPSA) is 99.3 Å². The normalized spacial score (nSPS) is 18.1. The smallest absolute Gasteiger partial charge is 0.373 e. The van der Waals surface area contributed by atoms with Gasteiger partial charge >= 0.3 is 11.5 Å². The Morgan fingerprint density at radius 1 is 0.783 bits per heavy atom. The van der Waals surface area contributed by atoms with Gasteiger partial charge in [-0.15, -0.1) is 0 Å². The van der Waals surface area contributed by atoms with Gasteiger partial charge in [-0.1, -0.05) is 50.2 Å². The number of pyridine rings is 2. The Bertz CT molecular complexity index is 1870. The van der Waals surface area contributed by atoms with Crippen LogP contribution in [0.15, 0.2) is 89.8 Å². The van der Waals surface area contributed by atoms with Gasteiger partial charge in [0.15, 0.2) is 0 Å². The summed E-state index contributed by atoms with van der Waals surface area (Å²) in [6, 6.07) is 23.5. The second-order valence-corrected chi connectivity index (χ2v) is 12.3. The molecule has 0 radical (unpaired) electrons. The van der Waals surface area contributed by atoms with Gasteiger partial charge in [0.25, 0.3) is 5.91 Å². The first-order chi connectivity index (χ1) is 22.0. The van der Waals surface area contributed by atoms with Crippen molar-refractivity contribution in [3.8, 4) is 0 Å². The fourth-order valence-electron chi connectivity index (χ4n) is 6.42. The maximum Gasteiger partial charge on any atom is 0.446 e. The molecule has 1 fully saturated rings. The zero-order chi connectivity index (χ0) is 32.8. The lowest BCUT2D eigenvalue weighted by atomic mass is 9.68. The van der Waals surface area contributed by atoms with Gasteiger partial charge < -0.3 is 16.0 Å². The molecule has 0 spiro atoms. The first-order valence-electron chi connectivity index (χ1n) is 14.6. The van der Waals surface area contributed by atoms with Crippen molar-refractivity contribution in [1.82, 2.24) is 15.3 Å². The van der Waals surface area contributed by atoms with E-state index in [1.54, 1.807) is 14.1 Å². The Hall–Kier alpha value is -4.84. The maximum atomic E-state index is 15.0. The highest BCUT2D eigenvalue weighted by Gasteiger charge is 2.59. The summed E-state index contributed by atoms with van der Waals surface area (Å²) in [5, 5.41) is 10.9. The van der Waals surface area contributed by atoms with Crippen LogP contribution in [-0.4, -0.2) is 47.0 Å². The Morgan fingerprint density at radius 2 is 1.26 bits per heavy atom. The van der Waals surface area contributed by atoms with Crippen LogP contribution in [-0.2, 0) is 4.79 Å². The second-order valence-electron chi connectivity index (χ2n) is 11.2. The van der Waals surface area contributed by atoms with Crippen molar-refractivity contribution in [3.05, 3.63) is 96.1 Å². The summed E-state index contributed by atoms with van der Waals surface area (Å²) in [6.07, 6.45) is 0. The minimum absolute atomic E-state index is 0.0537. The molecule has 2 aromatic heterocycles. The number of imide groups is 1. The van der Waals surface area contributed by atoms with E-state index in [0.717, 1.165) is 37.8 Å². The van der Waals surface area contributed by atoms with Crippen LogP contribution in [0.1, 0.15) is 36.8 Å². The fourth-order valence-corrected chi connectivity index (χ4v) is 6.96. The number of para-hydroxylation sites is 2. The molecule has 1 saturated heterocycles. The Morgan fingerprint density at radius 3 is 1.72 bits per heavy atom. The largest absolute Gasteiger partial charge is 0.446 e. The number of urea groups is 1. The van der Waals surface area contributed by atoms with Crippen molar-refractivity contribution in [2.75, 3.05) is 29.6 Å². The van der Waals surface area contributed by atoms with Crippen LogP contribution < -0.4 is 20.9 Å². The second kappa shape index (κ2) is 11.8. The minimum atomic E-state index is -4.47. The third-order valence-electron chi connectivity index (χ3n) is 8.71. The van der Waals surface area contributed by atoms with Crippen molar-refractivity contribution in [3.63, 3.8) is 0 Å². The zero-order valence-corrected chi connectivity index (χ0v) is 26.3. The van der Waals surface area contributed by atoms with Crippen LogP contribution in [0.25, 0.3) is 21.8 Å². The molecule has 3 amide bonds. The monoisotopic (exact) mass is 644 g/mol. The summed E-state index contributed by atoms with van der Waals surface area (Å²) in [6.45, 7) is 3.82. The maximum absolute atomic E-state index is 15.0. The summed E-state index contributed by atoms with van der Waals surface area (Å²) in [5.74, 6) is -0.529. The summed E-state index contributed by atoms with van der Waals surface area (Å²) in [7, 11) is 3.52. The van der Waals surface area contributed by atoms with Gasteiger partial charge in [0.1, 0.15) is 17.2 Å². The molecular formula is C34H31F3N6O2S. The third-order valence-corrected chi connectivity index (χ3v) is 9.45. The van der Waals surface area contributed by atoms with Crippen molar-refractivity contribution in [2.45, 2.75) is 41.6 Å². The number of halogens is 3. The number of hydrogen-bond acceptors (Lipinski definition) is 7. The number of amides is 3. The Kier molecular flexibility index (Phi) is 8.01. The third kappa shape index (κ3) is 5.36. The van der Waals surface area contributed by atoms with E-state index in [0.29, 0.717) is 11.6 Å². The number of benzene rings is 3. The van der Waals surface area contributed by atoms with Crippen LogP contribution in [0.3, 0.4) is 0 Å². The molecule has 1 aliphatic rings. The number of nitrogens with zero attached hydrogens (tertiary/aromatic N) is 3. The van der Waals surface area contributed by atoms with Gasteiger partial charge in [-0.05, 0) is 71.4 Å². The molecule has 2 unspecified atom stereocenters. The first-order valence-corrected chi connectivity index (χ1v) is 15.5. The number of carbonyl (C=O) groups is 2. The average Bonchev–Trinajstić information content (AvgIpc) is 3.32. The molecule has 1 aliphatic heterocycles. The van der Waals surface area contributed by atoms with E-state index in [9.17, 15) is 22.8 Å². The van der Waals surface area contributed by atoms with E-state index in [4.69, 9.17) is 9.97 Å². The highest BCUT2D eigenvalue weighted by Crippen LogP contribution is 2.48. The zero-order valence-electron chi connectivity index (χ0n) is 25.4. The van der Waals surface area contributed by atoms with E-state index in [1.165, 1.54) is 24.3 Å². The summed E-state index contributed by atoms with van der Waals surface area (Å²) >= 11 is -0.261. The molecule has 0 aliphatic carbocycles. The van der Waals surface area contributed by atoms with E-state index in [1.807, 2.05) is 74.5 Å². The Labute approximate surface area is 267 Å². The Balaban J connectivity index is 1.55. The van der Waals surface area contributed by atoms with Gasteiger partial charge in [-0.3, -0.25) is 4.79 Å². The molecule has 0 bridgehead atoms. The number of nitrogens with one attached hydrogen (secondary N) is 3. The number of alkyl halides is 3. The van der Waals surface area contributed by atoms with Crippen LogP contribution >= 0.6 is 11.8 Å². The highest BCUT2D eigenvalue weighted by atomic mass is 32.2. The van der Waals surface area contributed by atoms with Crippen LogP contribution in [0.5, 0.6) is 0 Å². The van der Waals surface area contributed by atoms with Gasteiger partial charge in [0.2, 0.25) is 0 Å². The lowest BCUT2D eigenvalue weighted by Gasteiger charge is -2.39. The van der Waals surface area contributed by atoms with Crippen molar-refractivity contribution < 1.29 is 22.8 Å². The van der Waals surface area contributed by atoms with Gasteiger partial charge in [-0.25, -0.2) is 19.7 Å². The molecule has 3 N–H and O–H groups in total. The molecule has 3 aromatic carbocycles. The van der Waals surface area contributed by atoms with Crippen molar-refractivity contribution >= 4 is 62.8 Å². The van der Waals surface area contributed by atoms with Crippen molar-refractivity contribution in [1.29, 1.82) is 0 Å². The average molecular weight is 645 g/mol. The number of anilines is 3. The van der Waals surface area contributed by atoms with Crippen LogP contribution in [0, 0.1) is 0 Å². The van der Waals surface area contributed by atoms with Gasteiger partial charge in [0.05, 0.1) is 16.7 Å². The molecule has 5 aromatic rings. The fraction of sp³-hybridized carbons (Fsp3) is 0.235. The van der Waals surface area contributed by atoms with E-state index >= 15 is 0 Å². The number of hydrogen-bond donors (Lipinski definition) is 3. The summed E-state index contributed by atoms with van der Waals surface area (Å²) in [4.78, 5) is 39.2. The van der Waals surface area contributed by atoms with Gasteiger partial charge in [-0.2, -0.15) is 13.2 Å². The predicted octanol–water partition coefficient (Wildman–Crippen LogP) is 7.88. The SMILES string of the molecule is CNc1cc(C(C)C2(C(C)c3cc(NC)nc4ccccc34)NC(=O)N(c3ccc(SC(F)(F)F)cc3)C2=O)c2ccccc2n1. The van der Waals surface area contributed by atoms with Crippen molar-refractivity contribution in [2.24, 2.45) is 0 Å². The number of thioether (sulfide) groups is 1. The van der Waals surface area contributed by atoms with E-state index in [2.05, 4.69) is 16.0 Å². The van der Waals surface area contributed by atoms with Crippen LogP contribution in [0.2, 0.25) is 0 Å². The predicted molar refractivity (Wildman–Crippen MR) is 177 cm³/mol. The summed E-state index contributed by atoms with van der Waals surface area (Å²) in [5.41, 5.74) is -2.80. The molecule has 8 nitrogen and oxygen atoms in total. The molecule has 3 heterocycles. The lowest BCUT2D eigenvalue weighted by Crippen LogP contribution is -2.55. The van der Waals surface area contributed by atoms with Crippen LogP contribution in [0.4, 0.5) is 35.3 Å². The molecule has 6 rings (SSSR count).